The summed E-state index contributed by atoms with van der Waals surface area (Å²) in [4.78, 5) is 11.6. The summed E-state index contributed by atoms with van der Waals surface area (Å²) >= 11 is 3.40. The number of carbonyl (C=O) groups excluding carboxylic acids is 1. The second-order valence-corrected chi connectivity index (χ2v) is 4.94. The molecule has 3 N–H and O–H groups in total. The van der Waals surface area contributed by atoms with Gasteiger partial charge in [0, 0.05) is 10.2 Å². The Labute approximate surface area is 98.2 Å². The Morgan fingerprint density at radius 1 is 1.47 bits per heavy atom. The Bertz CT molecular complexity index is 383. The molecular weight excluding hydrogens is 256 g/mol. The summed E-state index contributed by atoms with van der Waals surface area (Å²) in [5.74, 6) is -0.191. The normalized spacial score (nSPS) is 11.3. The van der Waals surface area contributed by atoms with Crippen LogP contribution in [0.4, 0.5) is 5.69 Å². The van der Waals surface area contributed by atoms with Crippen LogP contribution < -0.4 is 11.1 Å². The minimum absolute atomic E-state index is 0.191. The van der Waals surface area contributed by atoms with Crippen LogP contribution in [0.15, 0.2) is 22.7 Å². The Hall–Kier alpha value is -0.870. The van der Waals surface area contributed by atoms with Gasteiger partial charge < -0.3 is 11.1 Å². The molecule has 0 radical (unpaired) electrons. The van der Waals surface area contributed by atoms with Gasteiger partial charge in [-0.05, 0) is 38.5 Å². The fourth-order valence-corrected chi connectivity index (χ4v) is 1.39. The van der Waals surface area contributed by atoms with Crippen LogP contribution in [0.25, 0.3) is 0 Å². The van der Waals surface area contributed by atoms with E-state index in [1.54, 1.807) is 13.8 Å². The van der Waals surface area contributed by atoms with Crippen LogP contribution in [0, 0.1) is 6.92 Å². The van der Waals surface area contributed by atoms with Crippen molar-refractivity contribution >= 4 is 27.5 Å². The maximum absolute atomic E-state index is 11.6. The van der Waals surface area contributed by atoms with Crippen molar-refractivity contribution in [2.24, 2.45) is 5.73 Å². The highest BCUT2D eigenvalue weighted by Gasteiger charge is 2.22. The molecule has 0 unspecified atom stereocenters. The van der Waals surface area contributed by atoms with Crippen molar-refractivity contribution < 1.29 is 4.79 Å². The van der Waals surface area contributed by atoms with E-state index in [4.69, 9.17) is 5.73 Å². The number of rotatable bonds is 2. The topological polar surface area (TPSA) is 55.1 Å². The monoisotopic (exact) mass is 270 g/mol. The van der Waals surface area contributed by atoms with Gasteiger partial charge in [0.05, 0.1) is 5.54 Å². The minimum atomic E-state index is -0.866. The zero-order valence-corrected chi connectivity index (χ0v) is 10.7. The summed E-state index contributed by atoms with van der Waals surface area (Å²) in [7, 11) is 0. The van der Waals surface area contributed by atoms with E-state index in [1.165, 1.54) is 0 Å². The third-order valence-electron chi connectivity index (χ3n) is 2.10. The molecule has 1 aromatic rings. The van der Waals surface area contributed by atoms with Crippen molar-refractivity contribution in [3.8, 4) is 0 Å². The number of benzene rings is 1. The first-order chi connectivity index (χ1) is 6.82. The molecule has 0 spiro atoms. The smallest absolute Gasteiger partial charge is 0.243 e. The zero-order chi connectivity index (χ0) is 11.6. The largest absolute Gasteiger partial charge is 0.324 e. The number of nitrogens with one attached hydrogen (secondary N) is 1. The van der Waals surface area contributed by atoms with Gasteiger partial charge in [0.25, 0.3) is 0 Å². The van der Waals surface area contributed by atoms with Crippen LogP contribution in [0.5, 0.6) is 0 Å². The summed E-state index contributed by atoms with van der Waals surface area (Å²) in [6.07, 6.45) is 0. The molecule has 0 aliphatic heterocycles. The van der Waals surface area contributed by atoms with E-state index in [0.717, 1.165) is 15.7 Å². The number of carbonyl (C=O) groups is 1. The third-order valence-corrected chi connectivity index (χ3v) is 2.96. The van der Waals surface area contributed by atoms with Gasteiger partial charge in [-0.15, -0.1) is 0 Å². The molecule has 0 fully saturated rings. The van der Waals surface area contributed by atoms with Gasteiger partial charge in [0.2, 0.25) is 5.91 Å². The predicted octanol–water partition coefficient (Wildman–Crippen LogP) is 2.43. The second kappa shape index (κ2) is 4.33. The Balaban J connectivity index is 2.91. The first kappa shape index (κ1) is 12.2. The molecule has 0 atom stereocenters. The number of hydrogen-bond donors (Lipinski definition) is 2. The molecule has 0 saturated heterocycles. The summed E-state index contributed by atoms with van der Waals surface area (Å²) < 4.78 is 0.968. The molecule has 0 bridgehead atoms. The average Bonchev–Trinajstić information content (AvgIpc) is 2.11. The van der Waals surface area contributed by atoms with Gasteiger partial charge in [-0.3, -0.25) is 4.79 Å². The number of amides is 1. The summed E-state index contributed by atoms with van der Waals surface area (Å²) in [5, 5.41) is 2.80. The van der Waals surface area contributed by atoms with Gasteiger partial charge in [-0.25, -0.2) is 0 Å². The number of anilines is 1. The lowest BCUT2D eigenvalue weighted by molar-refractivity contribution is -0.120. The highest BCUT2D eigenvalue weighted by atomic mass is 79.9. The molecule has 0 aromatic heterocycles. The standard InChI is InChI=1S/C11H15BrN2O/c1-7-8(12)5-4-6-9(7)14-10(15)11(2,3)13/h4-6H,13H2,1-3H3,(H,14,15). The summed E-state index contributed by atoms with van der Waals surface area (Å²) in [6.45, 7) is 5.29. The van der Waals surface area contributed by atoms with Gasteiger partial charge in [-0.2, -0.15) is 0 Å². The lowest BCUT2D eigenvalue weighted by Gasteiger charge is -2.19. The van der Waals surface area contributed by atoms with E-state index < -0.39 is 5.54 Å². The van der Waals surface area contributed by atoms with Crippen molar-refractivity contribution in [1.82, 2.24) is 0 Å². The van der Waals surface area contributed by atoms with Gasteiger partial charge in [-0.1, -0.05) is 22.0 Å². The van der Waals surface area contributed by atoms with Crippen LogP contribution >= 0.6 is 15.9 Å². The second-order valence-electron chi connectivity index (χ2n) is 4.09. The Morgan fingerprint density at radius 2 is 2.07 bits per heavy atom. The molecule has 0 aliphatic rings. The first-order valence-electron chi connectivity index (χ1n) is 4.68. The van der Waals surface area contributed by atoms with E-state index in [1.807, 2.05) is 25.1 Å². The van der Waals surface area contributed by atoms with Crippen molar-refractivity contribution in [2.45, 2.75) is 26.3 Å². The SMILES string of the molecule is Cc1c(Br)cccc1NC(=O)C(C)(C)N. The van der Waals surface area contributed by atoms with Crippen LogP contribution in [0.3, 0.4) is 0 Å². The van der Waals surface area contributed by atoms with Crippen LogP contribution in [0.1, 0.15) is 19.4 Å². The molecule has 1 aromatic carbocycles. The van der Waals surface area contributed by atoms with E-state index in [-0.39, 0.29) is 5.91 Å². The molecule has 4 heteroatoms. The molecule has 1 amide bonds. The molecule has 0 saturated carbocycles. The van der Waals surface area contributed by atoms with Crippen LogP contribution in [-0.4, -0.2) is 11.4 Å². The van der Waals surface area contributed by atoms with Gasteiger partial charge >= 0.3 is 0 Å². The molecule has 15 heavy (non-hydrogen) atoms. The maximum atomic E-state index is 11.6. The number of hydrogen-bond acceptors (Lipinski definition) is 2. The molecule has 1 rings (SSSR count). The molecule has 0 aliphatic carbocycles. The summed E-state index contributed by atoms with van der Waals surface area (Å²) in [5.41, 5.74) is 6.61. The first-order valence-corrected chi connectivity index (χ1v) is 5.47. The lowest BCUT2D eigenvalue weighted by atomic mass is 10.1. The number of nitrogens with two attached hydrogens (primary N) is 1. The highest BCUT2D eigenvalue weighted by Crippen LogP contribution is 2.23. The van der Waals surface area contributed by atoms with E-state index in [2.05, 4.69) is 21.2 Å². The predicted molar refractivity (Wildman–Crippen MR) is 65.8 cm³/mol. The fraction of sp³-hybridized carbons (Fsp3) is 0.364. The Kier molecular flexibility index (Phi) is 3.52. The summed E-state index contributed by atoms with van der Waals surface area (Å²) in [6, 6.07) is 5.65. The van der Waals surface area contributed by atoms with Crippen molar-refractivity contribution in [3.05, 3.63) is 28.2 Å². The zero-order valence-electron chi connectivity index (χ0n) is 9.10. The molecular formula is C11H15BrN2O. The number of halogens is 1. The lowest BCUT2D eigenvalue weighted by Crippen LogP contribution is -2.45. The van der Waals surface area contributed by atoms with E-state index >= 15 is 0 Å². The minimum Gasteiger partial charge on any atom is -0.324 e. The fourth-order valence-electron chi connectivity index (χ4n) is 1.03. The van der Waals surface area contributed by atoms with Crippen molar-refractivity contribution in [2.75, 3.05) is 5.32 Å². The van der Waals surface area contributed by atoms with Crippen LogP contribution in [-0.2, 0) is 4.79 Å². The molecule has 0 heterocycles. The third kappa shape index (κ3) is 3.04. The Morgan fingerprint density at radius 3 is 2.60 bits per heavy atom. The van der Waals surface area contributed by atoms with Crippen molar-refractivity contribution in [1.29, 1.82) is 0 Å². The highest BCUT2D eigenvalue weighted by molar-refractivity contribution is 9.10. The van der Waals surface area contributed by atoms with Gasteiger partial charge in [0.15, 0.2) is 0 Å². The average molecular weight is 271 g/mol. The maximum Gasteiger partial charge on any atom is 0.243 e. The van der Waals surface area contributed by atoms with Crippen molar-refractivity contribution in [3.63, 3.8) is 0 Å². The quantitative estimate of drug-likeness (QED) is 0.868. The van der Waals surface area contributed by atoms with Gasteiger partial charge in [0.1, 0.15) is 0 Å². The van der Waals surface area contributed by atoms with E-state index in [0.29, 0.717) is 0 Å². The molecule has 82 valence electrons. The van der Waals surface area contributed by atoms with E-state index in [9.17, 15) is 4.79 Å². The van der Waals surface area contributed by atoms with Crippen LogP contribution in [0.2, 0.25) is 0 Å². The molecule has 3 nitrogen and oxygen atoms in total.